The van der Waals surface area contributed by atoms with Crippen LogP contribution in [0.25, 0.3) is 0 Å². The lowest BCUT2D eigenvalue weighted by Crippen LogP contribution is -1.92. The number of rotatable bonds is 2. The zero-order valence-electron chi connectivity index (χ0n) is 8.58. The number of carboxylic acids is 1. The molecule has 1 rings (SSSR count). The molecule has 1 aromatic carbocycles. The lowest BCUT2D eigenvalue weighted by atomic mass is 10.3. The fourth-order valence-electron chi connectivity index (χ4n) is 0.619. The highest BCUT2D eigenvalue weighted by Gasteiger charge is 2.09. The standard InChI is InChI=1S/C6H5NO3.C4H6O2/c8-6-4-2-1-3-5(6)7(9)10;1-3(2)4(5)6/h1-4,8H;1H2,2H3,(H,5,6). The number of carboxylic acid groups (broad SMARTS) is 1. The summed E-state index contributed by atoms with van der Waals surface area (Å²) in [5.41, 5.74) is -0.0856. The Morgan fingerprint density at radius 2 is 1.88 bits per heavy atom. The number of hydrogen-bond acceptors (Lipinski definition) is 4. The second-order valence-electron chi connectivity index (χ2n) is 2.83. The molecule has 0 spiro atoms. The SMILES string of the molecule is C=C(C)C(=O)O.O=[N+]([O-])c1ccccc1O. The van der Waals surface area contributed by atoms with Crippen LogP contribution < -0.4 is 0 Å². The van der Waals surface area contributed by atoms with Crippen LogP contribution in [0.5, 0.6) is 5.75 Å². The van der Waals surface area contributed by atoms with Crippen LogP contribution in [0.4, 0.5) is 5.69 Å². The normalized spacial score (nSPS) is 8.56. The summed E-state index contributed by atoms with van der Waals surface area (Å²) in [7, 11) is 0. The van der Waals surface area contributed by atoms with Crippen molar-refractivity contribution in [3.63, 3.8) is 0 Å². The van der Waals surface area contributed by atoms with Crippen LogP contribution in [0.2, 0.25) is 0 Å². The predicted octanol–water partition coefficient (Wildman–Crippen LogP) is 1.95. The van der Waals surface area contributed by atoms with Crippen LogP contribution in [0.15, 0.2) is 36.4 Å². The van der Waals surface area contributed by atoms with E-state index in [4.69, 9.17) is 10.2 Å². The Labute approximate surface area is 91.6 Å². The topological polar surface area (TPSA) is 101 Å². The predicted molar refractivity (Wildman–Crippen MR) is 57.2 cm³/mol. The molecule has 0 saturated heterocycles. The number of hydrogen-bond donors (Lipinski definition) is 2. The van der Waals surface area contributed by atoms with Crippen molar-refractivity contribution in [2.45, 2.75) is 6.92 Å². The van der Waals surface area contributed by atoms with E-state index in [0.29, 0.717) is 0 Å². The van der Waals surface area contributed by atoms with Crippen LogP contribution >= 0.6 is 0 Å². The highest BCUT2D eigenvalue weighted by molar-refractivity contribution is 5.84. The quantitative estimate of drug-likeness (QED) is 0.455. The van der Waals surface area contributed by atoms with E-state index >= 15 is 0 Å². The maximum absolute atomic E-state index is 10.1. The molecule has 2 N–H and O–H groups in total. The Kier molecular flexibility index (Phi) is 5.26. The summed E-state index contributed by atoms with van der Waals surface area (Å²) in [6.45, 7) is 4.60. The van der Waals surface area contributed by atoms with Crippen LogP contribution in [-0.4, -0.2) is 21.1 Å². The average Bonchev–Trinajstić information content (AvgIpc) is 2.18. The molecule has 0 radical (unpaired) electrons. The average molecular weight is 225 g/mol. The van der Waals surface area contributed by atoms with Gasteiger partial charge in [0.15, 0.2) is 5.75 Å². The Bertz CT molecular complexity index is 401. The van der Waals surface area contributed by atoms with Gasteiger partial charge in [0.25, 0.3) is 0 Å². The monoisotopic (exact) mass is 225 g/mol. The summed E-state index contributed by atoms with van der Waals surface area (Å²) in [5.74, 6) is -1.23. The van der Waals surface area contributed by atoms with Crippen molar-refractivity contribution in [2.75, 3.05) is 0 Å². The summed E-state index contributed by atoms with van der Waals surface area (Å²) in [6, 6.07) is 5.55. The minimum absolute atomic E-state index is 0.176. The first-order chi connectivity index (χ1) is 7.36. The third kappa shape index (κ3) is 4.75. The number of benzene rings is 1. The first kappa shape index (κ1) is 13.6. The molecule has 86 valence electrons. The maximum atomic E-state index is 10.1. The van der Waals surface area contributed by atoms with Gasteiger partial charge in [0.05, 0.1) is 4.92 Å². The Morgan fingerprint density at radius 3 is 2.12 bits per heavy atom. The molecule has 0 saturated carbocycles. The Balaban J connectivity index is 0.000000325. The van der Waals surface area contributed by atoms with Gasteiger partial charge in [0.1, 0.15) is 0 Å². The number of carbonyl (C=O) groups is 1. The molecular formula is C10H11NO5. The fraction of sp³-hybridized carbons (Fsp3) is 0.100. The van der Waals surface area contributed by atoms with E-state index in [1.165, 1.54) is 31.2 Å². The van der Waals surface area contributed by atoms with Crippen molar-refractivity contribution in [1.82, 2.24) is 0 Å². The highest BCUT2D eigenvalue weighted by atomic mass is 16.6. The smallest absolute Gasteiger partial charge is 0.330 e. The molecule has 0 aliphatic rings. The third-order valence-electron chi connectivity index (χ3n) is 1.44. The second kappa shape index (κ2) is 6.18. The van der Waals surface area contributed by atoms with Crippen molar-refractivity contribution in [3.8, 4) is 5.75 Å². The number of phenolic OH excluding ortho intramolecular Hbond substituents is 1. The van der Waals surface area contributed by atoms with Crippen LogP contribution in [0.3, 0.4) is 0 Å². The van der Waals surface area contributed by atoms with E-state index in [0.717, 1.165) is 0 Å². The molecule has 0 aromatic heterocycles. The number of nitro benzene ring substituents is 1. The first-order valence-corrected chi connectivity index (χ1v) is 4.17. The Morgan fingerprint density at radius 1 is 1.44 bits per heavy atom. The van der Waals surface area contributed by atoms with Crippen molar-refractivity contribution >= 4 is 11.7 Å². The maximum Gasteiger partial charge on any atom is 0.330 e. The fourth-order valence-corrected chi connectivity index (χ4v) is 0.619. The molecule has 6 nitrogen and oxygen atoms in total. The third-order valence-corrected chi connectivity index (χ3v) is 1.44. The molecule has 0 heterocycles. The molecule has 0 fully saturated rings. The van der Waals surface area contributed by atoms with Crippen LogP contribution in [0.1, 0.15) is 6.92 Å². The number of aliphatic carboxylic acids is 1. The van der Waals surface area contributed by atoms with Gasteiger partial charge in [-0.15, -0.1) is 0 Å². The van der Waals surface area contributed by atoms with E-state index in [1.54, 1.807) is 0 Å². The summed E-state index contributed by atoms with van der Waals surface area (Å²) in [5, 5.41) is 26.8. The van der Waals surface area contributed by atoms with Gasteiger partial charge in [-0.25, -0.2) is 4.79 Å². The molecule has 0 aliphatic heterocycles. The summed E-state index contributed by atoms with van der Waals surface area (Å²) in [6.07, 6.45) is 0. The second-order valence-corrected chi connectivity index (χ2v) is 2.83. The number of nitro groups is 1. The van der Waals surface area contributed by atoms with E-state index in [-0.39, 0.29) is 17.0 Å². The van der Waals surface area contributed by atoms with Crippen molar-refractivity contribution in [2.24, 2.45) is 0 Å². The van der Waals surface area contributed by atoms with E-state index in [9.17, 15) is 14.9 Å². The molecule has 1 aromatic rings. The number of para-hydroxylation sites is 2. The van der Waals surface area contributed by atoms with Crippen LogP contribution in [0, 0.1) is 10.1 Å². The summed E-state index contributed by atoms with van der Waals surface area (Å²) >= 11 is 0. The van der Waals surface area contributed by atoms with Gasteiger partial charge in [-0.1, -0.05) is 18.7 Å². The molecule has 0 atom stereocenters. The highest BCUT2D eigenvalue weighted by Crippen LogP contribution is 2.23. The van der Waals surface area contributed by atoms with Gasteiger partial charge in [-0.05, 0) is 13.0 Å². The van der Waals surface area contributed by atoms with Gasteiger partial charge in [0.2, 0.25) is 0 Å². The molecule has 6 heteroatoms. The van der Waals surface area contributed by atoms with Gasteiger partial charge in [-0.2, -0.15) is 0 Å². The molecule has 16 heavy (non-hydrogen) atoms. The molecule has 0 unspecified atom stereocenters. The molecular weight excluding hydrogens is 214 g/mol. The van der Waals surface area contributed by atoms with Crippen LogP contribution in [-0.2, 0) is 4.79 Å². The van der Waals surface area contributed by atoms with Gasteiger partial charge in [-0.3, -0.25) is 10.1 Å². The van der Waals surface area contributed by atoms with Gasteiger partial charge < -0.3 is 10.2 Å². The zero-order chi connectivity index (χ0) is 12.7. The van der Waals surface area contributed by atoms with E-state index in [1.807, 2.05) is 0 Å². The summed E-state index contributed by atoms with van der Waals surface area (Å²) in [4.78, 5) is 19.0. The van der Waals surface area contributed by atoms with Crippen molar-refractivity contribution in [3.05, 3.63) is 46.5 Å². The largest absolute Gasteiger partial charge is 0.502 e. The minimum atomic E-state index is -0.935. The first-order valence-electron chi connectivity index (χ1n) is 4.17. The summed E-state index contributed by atoms with van der Waals surface area (Å²) < 4.78 is 0. The van der Waals surface area contributed by atoms with Crippen molar-refractivity contribution < 1.29 is 19.9 Å². The number of nitrogens with zero attached hydrogens (tertiary/aromatic N) is 1. The molecule has 0 aliphatic carbocycles. The van der Waals surface area contributed by atoms with Gasteiger partial charge >= 0.3 is 11.7 Å². The molecule has 0 bridgehead atoms. The molecule has 0 amide bonds. The number of phenols is 1. The van der Waals surface area contributed by atoms with Crippen molar-refractivity contribution in [1.29, 1.82) is 0 Å². The minimum Gasteiger partial charge on any atom is -0.502 e. The zero-order valence-corrected chi connectivity index (χ0v) is 8.58. The van der Waals surface area contributed by atoms with E-state index in [2.05, 4.69) is 6.58 Å². The Hall–Kier alpha value is -2.37. The number of aromatic hydroxyl groups is 1. The van der Waals surface area contributed by atoms with E-state index < -0.39 is 10.9 Å². The van der Waals surface area contributed by atoms with Gasteiger partial charge in [0, 0.05) is 11.6 Å². The lowest BCUT2D eigenvalue weighted by Gasteiger charge is -1.91. The lowest BCUT2D eigenvalue weighted by molar-refractivity contribution is -0.385.